The summed E-state index contributed by atoms with van der Waals surface area (Å²) in [7, 11) is 1.20. The predicted molar refractivity (Wildman–Crippen MR) is 43.8 cm³/mol. The molecule has 0 amide bonds. The van der Waals surface area contributed by atoms with E-state index in [4.69, 9.17) is 6.48 Å². The number of carboxylic acids is 1. The normalized spacial score (nSPS) is 16.2. The minimum atomic E-state index is -2.00. The molecule has 0 heterocycles. The summed E-state index contributed by atoms with van der Waals surface area (Å²) in [5.74, 6) is -1.32. The predicted octanol–water partition coefficient (Wildman–Crippen LogP) is 1.46. The maximum atomic E-state index is 10.7. The molecule has 1 aromatic rings. The van der Waals surface area contributed by atoms with Gasteiger partial charge in [0.15, 0.2) is 6.08 Å². The number of rotatable bonds is 3. The van der Waals surface area contributed by atoms with E-state index in [1.54, 1.807) is 30.3 Å². The lowest BCUT2D eigenvalue weighted by molar-refractivity contribution is -0.148. The zero-order valence-corrected chi connectivity index (χ0v) is 6.65. The molecule has 1 N–H and O–H groups in total. The first-order valence-corrected chi connectivity index (χ1v) is 3.45. The average molecular weight is 167 g/mol. The standard InChI is InChI=1S/C9H10O3/c1-12-8(9(10)11)7-5-3-2-4-6-7/h2-6,8H,1H3,(H,10,11)/t8-/m1/s1/i8D. The Bertz CT molecular complexity index is 299. The third kappa shape index (κ3) is 1.83. The summed E-state index contributed by atoms with van der Waals surface area (Å²) in [6.45, 7) is 0. The Hall–Kier alpha value is -1.35. The number of hydrogen-bond acceptors (Lipinski definition) is 2. The van der Waals surface area contributed by atoms with Crippen LogP contribution >= 0.6 is 0 Å². The lowest BCUT2D eigenvalue weighted by atomic mass is 10.1. The fraction of sp³-hybridized carbons (Fsp3) is 0.222. The quantitative estimate of drug-likeness (QED) is 0.741. The number of aliphatic carboxylic acids is 1. The zero-order valence-electron chi connectivity index (χ0n) is 7.65. The van der Waals surface area contributed by atoms with Crippen molar-refractivity contribution in [3.8, 4) is 0 Å². The minimum absolute atomic E-state index is 0.310. The fourth-order valence-corrected chi connectivity index (χ4v) is 0.918. The van der Waals surface area contributed by atoms with Gasteiger partial charge in [0.1, 0.15) is 0 Å². The van der Waals surface area contributed by atoms with Gasteiger partial charge in [-0.25, -0.2) is 4.79 Å². The van der Waals surface area contributed by atoms with E-state index in [9.17, 15) is 4.79 Å². The molecule has 3 nitrogen and oxygen atoms in total. The lowest BCUT2D eigenvalue weighted by Gasteiger charge is -2.09. The van der Waals surface area contributed by atoms with Crippen LogP contribution in [-0.2, 0) is 9.53 Å². The second-order valence-corrected chi connectivity index (χ2v) is 2.20. The number of methoxy groups -OCH3 is 1. The molecular formula is C9H10O3. The first-order valence-electron chi connectivity index (χ1n) is 3.95. The van der Waals surface area contributed by atoms with Crippen molar-refractivity contribution in [2.24, 2.45) is 0 Å². The lowest BCUT2D eigenvalue weighted by Crippen LogP contribution is -2.12. The number of carboxylic acid groups (broad SMARTS) is 1. The van der Waals surface area contributed by atoms with Crippen molar-refractivity contribution < 1.29 is 16.0 Å². The summed E-state index contributed by atoms with van der Waals surface area (Å²) in [5, 5.41) is 8.77. The molecule has 0 aliphatic carbocycles. The van der Waals surface area contributed by atoms with Crippen LogP contribution in [0.15, 0.2) is 30.3 Å². The van der Waals surface area contributed by atoms with Crippen molar-refractivity contribution in [2.75, 3.05) is 7.11 Å². The average Bonchev–Trinajstić information content (AvgIpc) is 2.17. The van der Waals surface area contributed by atoms with Gasteiger partial charge < -0.3 is 9.84 Å². The largest absolute Gasteiger partial charge is 0.479 e. The Morgan fingerprint density at radius 1 is 1.58 bits per heavy atom. The molecule has 0 bridgehead atoms. The molecule has 0 aliphatic rings. The van der Waals surface area contributed by atoms with E-state index < -0.39 is 12.0 Å². The van der Waals surface area contributed by atoms with Crippen molar-refractivity contribution in [3.05, 3.63) is 35.9 Å². The molecule has 0 fully saturated rings. The molecule has 0 saturated heterocycles. The van der Waals surface area contributed by atoms with Crippen LogP contribution in [0.25, 0.3) is 0 Å². The summed E-state index contributed by atoms with van der Waals surface area (Å²) >= 11 is 0. The van der Waals surface area contributed by atoms with Gasteiger partial charge in [0.05, 0.1) is 1.37 Å². The van der Waals surface area contributed by atoms with Gasteiger partial charge in [-0.05, 0) is 5.56 Å². The highest BCUT2D eigenvalue weighted by atomic mass is 16.5. The van der Waals surface area contributed by atoms with E-state index in [1.165, 1.54) is 7.11 Å². The second kappa shape index (κ2) is 3.88. The molecule has 1 atom stereocenters. The van der Waals surface area contributed by atoms with Crippen molar-refractivity contribution in [1.29, 1.82) is 0 Å². The highest BCUT2D eigenvalue weighted by molar-refractivity contribution is 5.74. The topological polar surface area (TPSA) is 46.5 Å². The zero-order chi connectivity index (χ0) is 9.90. The monoisotopic (exact) mass is 167 g/mol. The molecule has 64 valence electrons. The van der Waals surface area contributed by atoms with Crippen molar-refractivity contribution in [1.82, 2.24) is 0 Å². The van der Waals surface area contributed by atoms with Gasteiger partial charge in [-0.2, -0.15) is 0 Å². The minimum Gasteiger partial charge on any atom is -0.479 e. The summed E-state index contributed by atoms with van der Waals surface area (Å²) in [6, 6.07) is 8.18. The maximum Gasteiger partial charge on any atom is 0.337 e. The Morgan fingerprint density at radius 2 is 2.17 bits per heavy atom. The van der Waals surface area contributed by atoms with Gasteiger partial charge in [-0.1, -0.05) is 30.3 Å². The van der Waals surface area contributed by atoms with Gasteiger partial charge in [0.25, 0.3) is 0 Å². The number of carbonyl (C=O) groups is 1. The SMILES string of the molecule is [2H][C@](OC)(C(=O)O)c1ccccc1. The molecule has 12 heavy (non-hydrogen) atoms. The summed E-state index contributed by atoms with van der Waals surface area (Å²) in [4.78, 5) is 10.7. The van der Waals surface area contributed by atoms with E-state index in [1.807, 2.05) is 0 Å². The molecule has 0 radical (unpaired) electrons. The first kappa shape index (κ1) is 7.31. The number of ether oxygens (including phenoxy) is 1. The van der Waals surface area contributed by atoms with Crippen LogP contribution in [0.3, 0.4) is 0 Å². The van der Waals surface area contributed by atoms with Crippen LogP contribution in [-0.4, -0.2) is 18.2 Å². The number of hydrogen-bond donors (Lipinski definition) is 1. The van der Waals surface area contributed by atoms with E-state index in [0.29, 0.717) is 5.56 Å². The molecule has 0 spiro atoms. The summed E-state index contributed by atoms with van der Waals surface area (Å²) in [6.07, 6.45) is -2.00. The van der Waals surface area contributed by atoms with E-state index >= 15 is 0 Å². The molecular weight excluding hydrogens is 156 g/mol. The first-order chi connectivity index (χ1) is 6.11. The second-order valence-electron chi connectivity index (χ2n) is 2.20. The van der Waals surface area contributed by atoms with Crippen LogP contribution in [0.5, 0.6) is 0 Å². The molecule has 1 aromatic carbocycles. The van der Waals surface area contributed by atoms with E-state index in [-0.39, 0.29) is 0 Å². The van der Waals surface area contributed by atoms with E-state index in [2.05, 4.69) is 4.74 Å². The Balaban J connectivity index is 3.11. The van der Waals surface area contributed by atoms with Gasteiger partial charge >= 0.3 is 5.97 Å². The fourth-order valence-electron chi connectivity index (χ4n) is 0.918. The van der Waals surface area contributed by atoms with Crippen LogP contribution in [0.2, 0.25) is 0 Å². The van der Waals surface area contributed by atoms with Gasteiger partial charge in [0.2, 0.25) is 0 Å². The third-order valence-corrected chi connectivity index (χ3v) is 1.43. The van der Waals surface area contributed by atoms with Gasteiger partial charge in [-0.3, -0.25) is 0 Å². The van der Waals surface area contributed by atoms with Crippen LogP contribution in [0.4, 0.5) is 0 Å². The third-order valence-electron chi connectivity index (χ3n) is 1.43. The highest BCUT2D eigenvalue weighted by Gasteiger charge is 2.17. The molecule has 0 unspecified atom stereocenters. The Kier molecular flexibility index (Phi) is 2.36. The molecule has 0 aliphatic heterocycles. The molecule has 3 heteroatoms. The van der Waals surface area contributed by atoms with Gasteiger partial charge in [0, 0.05) is 7.11 Å². The molecule has 0 saturated carbocycles. The van der Waals surface area contributed by atoms with Crippen LogP contribution in [0.1, 0.15) is 13.0 Å². The summed E-state index contributed by atoms with van der Waals surface area (Å²) in [5.41, 5.74) is 0.310. The molecule has 1 rings (SSSR count). The molecule has 0 aromatic heterocycles. The Labute approximate surface area is 72.0 Å². The van der Waals surface area contributed by atoms with Crippen molar-refractivity contribution >= 4 is 5.97 Å². The van der Waals surface area contributed by atoms with E-state index in [0.717, 1.165) is 0 Å². The Morgan fingerprint density at radius 3 is 2.58 bits per heavy atom. The van der Waals surface area contributed by atoms with Crippen LogP contribution in [0, 0.1) is 0 Å². The highest BCUT2D eigenvalue weighted by Crippen LogP contribution is 2.15. The number of benzene rings is 1. The van der Waals surface area contributed by atoms with Crippen LogP contribution < -0.4 is 0 Å². The smallest absolute Gasteiger partial charge is 0.337 e. The van der Waals surface area contributed by atoms with Crippen molar-refractivity contribution in [2.45, 2.75) is 6.08 Å². The van der Waals surface area contributed by atoms with Gasteiger partial charge in [-0.15, -0.1) is 0 Å². The van der Waals surface area contributed by atoms with Crippen molar-refractivity contribution in [3.63, 3.8) is 0 Å². The summed E-state index contributed by atoms with van der Waals surface area (Å²) < 4.78 is 12.2. The maximum absolute atomic E-state index is 10.7.